The summed E-state index contributed by atoms with van der Waals surface area (Å²) in [7, 11) is 0. The molecule has 1 aromatic rings. The van der Waals surface area contributed by atoms with Crippen LogP contribution in [0.15, 0.2) is 27.7 Å². The normalized spacial score (nSPS) is 16.1. The minimum Gasteiger partial charge on any atom is -0.336 e. The van der Waals surface area contributed by atoms with E-state index in [2.05, 4.69) is 26.2 Å². The number of urea groups is 1. The van der Waals surface area contributed by atoms with Gasteiger partial charge >= 0.3 is 6.03 Å². The molecule has 1 N–H and O–H groups in total. The van der Waals surface area contributed by atoms with Crippen molar-refractivity contribution in [3.63, 3.8) is 0 Å². The summed E-state index contributed by atoms with van der Waals surface area (Å²) in [4.78, 5) is 28.3. The Kier molecular flexibility index (Phi) is 5.78. The van der Waals surface area contributed by atoms with Crippen molar-refractivity contribution in [2.75, 3.05) is 23.7 Å². The molecule has 1 aliphatic rings. The first-order chi connectivity index (χ1) is 10.5. The summed E-state index contributed by atoms with van der Waals surface area (Å²) in [5.74, 6) is 0.729. The summed E-state index contributed by atoms with van der Waals surface area (Å²) < 4.78 is 0.633. The number of nitro benzene ring substituents is 1. The number of thioether (sulfide) groups is 1. The van der Waals surface area contributed by atoms with Crippen LogP contribution in [0.1, 0.15) is 13.3 Å². The number of amidine groups is 1. The monoisotopic (exact) mass is 386 g/mol. The van der Waals surface area contributed by atoms with E-state index >= 15 is 0 Å². The zero-order valence-electron chi connectivity index (χ0n) is 11.9. The second-order valence-electron chi connectivity index (χ2n) is 4.52. The predicted molar refractivity (Wildman–Crippen MR) is 91.7 cm³/mol. The van der Waals surface area contributed by atoms with Gasteiger partial charge in [0.05, 0.1) is 4.92 Å². The molecule has 1 heterocycles. The number of benzene rings is 1. The highest BCUT2D eigenvalue weighted by atomic mass is 79.9. The van der Waals surface area contributed by atoms with Crippen molar-refractivity contribution in [2.24, 2.45) is 4.99 Å². The van der Waals surface area contributed by atoms with Crippen LogP contribution in [-0.2, 0) is 0 Å². The molecular weight excluding hydrogens is 372 g/mol. The molecule has 0 saturated carbocycles. The van der Waals surface area contributed by atoms with Gasteiger partial charge < -0.3 is 10.2 Å². The topological polar surface area (TPSA) is 87.8 Å². The number of nitrogens with zero attached hydrogens (tertiary/aromatic N) is 3. The number of rotatable bonds is 4. The molecule has 22 heavy (non-hydrogen) atoms. The molecule has 1 aliphatic heterocycles. The van der Waals surface area contributed by atoms with Gasteiger partial charge in [0.1, 0.15) is 5.69 Å². The summed E-state index contributed by atoms with van der Waals surface area (Å²) in [6.07, 6.45) is 0.825. The van der Waals surface area contributed by atoms with E-state index < -0.39 is 11.0 Å². The Labute approximate surface area is 140 Å². The van der Waals surface area contributed by atoms with Crippen molar-refractivity contribution >= 4 is 50.3 Å². The number of halogens is 1. The van der Waals surface area contributed by atoms with Crippen LogP contribution in [0.5, 0.6) is 0 Å². The van der Waals surface area contributed by atoms with Gasteiger partial charge in [-0.1, -0.05) is 34.6 Å². The average molecular weight is 387 g/mol. The second kappa shape index (κ2) is 7.59. The average Bonchev–Trinajstić information content (AvgIpc) is 2.92. The summed E-state index contributed by atoms with van der Waals surface area (Å²) in [6.45, 7) is 3.08. The highest BCUT2D eigenvalue weighted by molar-refractivity contribution is 9.10. The molecule has 1 aromatic carbocycles. The van der Waals surface area contributed by atoms with E-state index in [1.807, 2.05) is 6.92 Å². The van der Waals surface area contributed by atoms with E-state index in [4.69, 9.17) is 0 Å². The highest BCUT2D eigenvalue weighted by Gasteiger charge is 2.28. The van der Waals surface area contributed by atoms with Gasteiger partial charge in [-0.25, -0.2) is 4.79 Å². The fraction of sp³-hybridized carbons (Fsp3) is 0.385. The lowest BCUT2D eigenvalue weighted by Gasteiger charge is -2.17. The standard InChI is InChI=1S/C13H15BrN4O3S/c1-2-5-15-12(19)16-13-17(6-7-22-13)10-4-3-9(14)8-11(10)18(20)21/h3-4,8H,2,5-7H2,1H3,(H,15,19). The molecule has 0 radical (unpaired) electrons. The van der Waals surface area contributed by atoms with Gasteiger partial charge in [0.2, 0.25) is 0 Å². The van der Waals surface area contributed by atoms with Crippen LogP contribution in [0, 0.1) is 10.1 Å². The Hall–Kier alpha value is -1.61. The van der Waals surface area contributed by atoms with E-state index in [0.29, 0.717) is 28.4 Å². The molecule has 2 amide bonds. The number of carbonyl (C=O) groups is 1. The molecule has 0 atom stereocenters. The van der Waals surface area contributed by atoms with E-state index in [-0.39, 0.29) is 5.69 Å². The summed E-state index contributed by atoms with van der Waals surface area (Å²) in [5, 5.41) is 14.4. The number of nitrogens with one attached hydrogen (secondary N) is 1. The molecule has 0 bridgehead atoms. The number of hydrogen-bond acceptors (Lipinski definition) is 4. The molecule has 0 unspecified atom stereocenters. The molecule has 0 aliphatic carbocycles. The summed E-state index contributed by atoms with van der Waals surface area (Å²) in [5.41, 5.74) is 0.429. The molecule has 9 heteroatoms. The number of aliphatic imine (C=N–C) groups is 1. The Morgan fingerprint density at radius 2 is 2.36 bits per heavy atom. The van der Waals surface area contributed by atoms with Crippen LogP contribution >= 0.6 is 27.7 Å². The van der Waals surface area contributed by atoms with Crippen molar-refractivity contribution in [1.82, 2.24) is 5.32 Å². The van der Waals surface area contributed by atoms with Crippen LogP contribution in [-0.4, -0.2) is 35.0 Å². The summed E-state index contributed by atoms with van der Waals surface area (Å²) >= 11 is 4.65. The van der Waals surface area contributed by atoms with Gasteiger partial charge in [-0.2, -0.15) is 4.99 Å². The molecule has 118 valence electrons. The minimum atomic E-state index is -0.433. The molecule has 0 aromatic heterocycles. The largest absolute Gasteiger partial charge is 0.343 e. The van der Waals surface area contributed by atoms with Gasteiger partial charge in [0.15, 0.2) is 5.17 Å². The zero-order valence-corrected chi connectivity index (χ0v) is 14.3. The predicted octanol–water partition coefficient (Wildman–Crippen LogP) is 3.39. The van der Waals surface area contributed by atoms with Crippen LogP contribution in [0.3, 0.4) is 0 Å². The zero-order chi connectivity index (χ0) is 16.1. The Balaban J connectivity index is 2.29. The van der Waals surface area contributed by atoms with E-state index in [1.54, 1.807) is 17.0 Å². The minimum absolute atomic E-state index is 0.0152. The Morgan fingerprint density at radius 1 is 1.59 bits per heavy atom. The van der Waals surface area contributed by atoms with Crippen molar-refractivity contribution < 1.29 is 9.72 Å². The first kappa shape index (κ1) is 16.8. The number of amides is 2. The molecule has 2 rings (SSSR count). The first-order valence-electron chi connectivity index (χ1n) is 6.73. The fourth-order valence-corrected chi connectivity index (χ4v) is 3.25. The maximum atomic E-state index is 11.7. The van der Waals surface area contributed by atoms with Crippen molar-refractivity contribution in [3.8, 4) is 0 Å². The summed E-state index contributed by atoms with van der Waals surface area (Å²) in [6, 6.07) is 4.43. The first-order valence-corrected chi connectivity index (χ1v) is 8.51. The van der Waals surface area contributed by atoms with Gasteiger partial charge in [0, 0.05) is 29.4 Å². The van der Waals surface area contributed by atoms with Crippen molar-refractivity contribution in [3.05, 3.63) is 32.8 Å². The Morgan fingerprint density at radius 3 is 3.05 bits per heavy atom. The quantitative estimate of drug-likeness (QED) is 0.632. The van der Waals surface area contributed by atoms with Crippen LogP contribution in [0.4, 0.5) is 16.2 Å². The molecule has 1 fully saturated rings. The van der Waals surface area contributed by atoms with Crippen LogP contribution in [0.25, 0.3) is 0 Å². The van der Waals surface area contributed by atoms with Crippen molar-refractivity contribution in [1.29, 1.82) is 0 Å². The lowest BCUT2D eigenvalue weighted by Crippen LogP contribution is -2.28. The number of nitro groups is 1. The smallest absolute Gasteiger partial charge is 0.336 e. The SMILES string of the molecule is CCCNC(=O)N=C1SCCN1c1ccc(Br)cc1[N+](=O)[O-]. The van der Waals surface area contributed by atoms with E-state index in [9.17, 15) is 14.9 Å². The molecule has 0 spiro atoms. The number of anilines is 1. The molecule has 7 nitrogen and oxygen atoms in total. The third-order valence-corrected chi connectivity index (χ3v) is 4.38. The van der Waals surface area contributed by atoms with Gasteiger partial charge in [-0.15, -0.1) is 0 Å². The van der Waals surface area contributed by atoms with Gasteiger partial charge in [0.25, 0.3) is 5.69 Å². The number of carbonyl (C=O) groups excluding carboxylic acids is 1. The van der Waals surface area contributed by atoms with Crippen LogP contribution < -0.4 is 10.2 Å². The molecule has 1 saturated heterocycles. The van der Waals surface area contributed by atoms with E-state index in [0.717, 1.165) is 12.2 Å². The third kappa shape index (κ3) is 3.98. The van der Waals surface area contributed by atoms with E-state index in [1.165, 1.54) is 17.8 Å². The lowest BCUT2D eigenvalue weighted by atomic mass is 10.2. The Bertz CT molecular complexity index is 623. The van der Waals surface area contributed by atoms with Crippen LogP contribution in [0.2, 0.25) is 0 Å². The fourth-order valence-electron chi connectivity index (χ4n) is 1.95. The maximum absolute atomic E-state index is 11.7. The second-order valence-corrected chi connectivity index (χ2v) is 6.49. The molecular formula is C13H15BrN4O3S. The van der Waals surface area contributed by atoms with Crippen molar-refractivity contribution in [2.45, 2.75) is 13.3 Å². The lowest BCUT2D eigenvalue weighted by molar-refractivity contribution is -0.384. The third-order valence-electron chi connectivity index (χ3n) is 2.93. The van der Waals surface area contributed by atoms with Gasteiger partial charge in [-0.3, -0.25) is 10.1 Å². The number of hydrogen-bond donors (Lipinski definition) is 1. The maximum Gasteiger partial charge on any atom is 0.343 e. The highest BCUT2D eigenvalue weighted by Crippen LogP contribution is 2.35. The van der Waals surface area contributed by atoms with Gasteiger partial charge in [-0.05, 0) is 18.6 Å².